The third-order valence-corrected chi connectivity index (χ3v) is 2.36. The van der Waals surface area contributed by atoms with Gasteiger partial charge in [-0.05, 0) is 17.5 Å². The van der Waals surface area contributed by atoms with E-state index in [1.165, 1.54) is 0 Å². The number of nitrogens with zero attached hydrogens (tertiary/aromatic N) is 1. The second-order valence-corrected chi connectivity index (χ2v) is 3.28. The topological polar surface area (TPSA) is 78.5 Å². The minimum atomic E-state index is -0.492. The molecular weight excluding hydrogens is 204 g/mol. The largest absolute Gasteiger partial charge is 0.864 e. The molecule has 16 heavy (non-hydrogen) atoms. The van der Waals surface area contributed by atoms with E-state index in [2.05, 4.69) is 4.99 Å². The summed E-state index contributed by atoms with van der Waals surface area (Å²) in [5.41, 5.74) is 6.23. The average Bonchev–Trinajstić information content (AvgIpc) is 2.29. The second-order valence-electron chi connectivity index (χ2n) is 3.28. The summed E-state index contributed by atoms with van der Waals surface area (Å²) in [7, 11) is 0. The number of hydrogen-bond donors (Lipinski definition) is 1. The van der Waals surface area contributed by atoms with E-state index in [0.29, 0.717) is 23.0 Å². The molecule has 0 unspecified atom stereocenters. The molecule has 80 valence electrons. The van der Waals surface area contributed by atoms with Crippen LogP contribution in [0.5, 0.6) is 0 Å². The van der Waals surface area contributed by atoms with Crippen molar-refractivity contribution in [2.45, 2.75) is 0 Å². The maximum Gasteiger partial charge on any atom is 0.249 e. The Hall–Kier alpha value is -2.36. The first kappa shape index (κ1) is 10.2. The Balaban J connectivity index is 2.82. The van der Waals surface area contributed by atoms with Crippen molar-refractivity contribution >= 4 is 28.8 Å². The van der Waals surface area contributed by atoms with E-state index >= 15 is 0 Å². The number of benzene rings is 2. The lowest BCUT2D eigenvalue weighted by Crippen LogP contribution is -2.11. The molecule has 0 aliphatic rings. The van der Waals surface area contributed by atoms with Crippen LogP contribution < -0.4 is 10.8 Å². The van der Waals surface area contributed by atoms with Crippen molar-refractivity contribution < 1.29 is 9.90 Å². The summed E-state index contributed by atoms with van der Waals surface area (Å²) in [4.78, 5) is 14.9. The number of rotatable bonds is 2. The summed E-state index contributed by atoms with van der Waals surface area (Å²) in [6.45, 7) is 0. The molecule has 2 rings (SSSR count). The molecule has 0 heterocycles. The van der Waals surface area contributed by atoms with Crippen molar-refractivity contribution in [3.05, 3.63) is 42.0 Å². The molecule has 0 aromatic heterocycles. The smallest absolute Gasteiger partial charge is 0.249 e. The molecule has 2 aromatic rings. The highest BCUT2D eigenvalue weighted by Gasteiger charge is 2.08. The van der Waals surface area contributed by atoms with Gasteiger partial charge in [0.25, 0.3) is 0 Å². The molecule has 2 N–H and O–H groups in total. The van der Waals surface area contributed by atoms with Gasteiger partial charge in [-0.3, -0.25) is 9.79 Å². The lowest BCUT2D eigenvalue weighted by Gasteiger charge is -2.06. The zero-order valence-corrected chi connectivity index (χ0v) is 8.38. The third-order valence-electron chi connectivity index (χ3n) is 2.36. The van der Waals surface area contributed by atoms with Gasteiger partial charge >= 0.3 is 0 Å². The van der Waals surface area contributed by atoms with Gasteiger partial charge in [-0.25, -0.2) is 0 Å². The Kier molecular flexibility index (Phi) is 2.55. The number of hydrogen-bond acceptors (Lipinski definition) is 3. The number of amides is 1. The lowest BCUT2D eigenvalue weighted by atomic mass is 10.0. The van der Waals surface area contributed by atoms with Gasteiger partial charge in [0.05, 0.1) is 5.69 Å². The predicted octanol–water partition coefficient (Wildman–Crippen LogP) is 0.959. The molecule has 4 nitrogen and oxygen atoms in total. The Morgan fingerprint density at radius 1 is 1.19 bits per heavy atom. The van der Waals surface area contributed by atoms with Crippen LogP contribution in [0.25, 0.3) is 10.8 Å². The van der Waals surface area contributed by atoms with E-state index in [-0.39, 0.29) is 0 Å². The maximum atomic E-state index is 11.2. The molecule has 0 aliphatic carbocycles. The highest BCUT2D eigenvalue weighted by atomic mass is 16.3. The average molecular weight is 213 g/mol. The quantitative estimate of drug-likeness (QED) is 0.595. The summed E-state index contributed by atoms with van der Waals surface area (Å²) in [6.07, 6.45) is 0.478. The van der Waals surface area contributed by atoms with E-state index in [4.69, 9.17) is 5.73 Å². The zero-order valence-electron chi connectivity index (χ0n) is 8.38. The third kappa shape index (κ3) is 1.61. The normalized spacial score (nSPS) is 11.0. The van der Waals surface area contributed by atoms with Crippen molar-refractivity contribution in [2.75, 3.05) is 0 Å². The van der Waals surface area contributed by atoms with Gasteiger partial charge in [0.15, 0.2) is 0 Å². The van der Waals surface area contributed by atoms with Gasteiger partial charge in [-0.15, -0.1) is 0 Å². The van der Waals surface area contributed by atoms with Crippen molar-refractivity contribution in [1.82, 2.24) is 0 Å². The number of aliphatic imine (C=N–C) groups is 1. The van der Waals surface area contributed by atoms with Crippen LogP contribution in [-0.2, 0) is 0 Å². The predicted molar refractivity (Wildman–Crippen MR) is 60.6 cm³/mol. The highest BCUT2D eigenvalue weighted by molar-refractivity contribution is 6.09. The van der Waals surface area contributed by atoms with E-state index in [1.54, 1.807) is 30.3 Å². The highest BCUT2D eigenvalue weighted by Crippen LogP contribution is 2.28. The molecule has 4 heteroatoms. The molecule has 0 radical (unpaired) electrons. The van der Waals surface area contributed by atoms with E-state index < -0.39 is 5.91 Å². The molecule has 0 bridgehead atoms. The zero-order chi connectivity index (χ0) is 11.5. The van der Waals surface area contributed by atoms with Crippen LogP contribution in [0, 0.1) is 0 Å². The van der Waals surface area contributed by atoms with Crippen molar-refractivity contribution in [2.24, 2.45) is 10.7 Å². The van der Waals surface area contributed by atoms with Crippen LogP contribution in [0.15, 0.2) is 41.4 Å². The standard InChI is InChI=1S/C12H10N2O2/c13-12(16)10-5-6-11(14-7-15)9-4-2-1-3-8(9)10/h1-7H,(H2,13,16)(H,14,15)/p-1. The fourth-order valence-corrected chi connectivity index (χ4v) is 1.67. The number of nitrogens with two attached hydrogens (primary N) is 1. The van der Waals surface area contributed by atoms with Crippen LogP contribution >= 0.6 is 0 Å². The fraction of sp³-hybridized carbons (Fsp3) is 0. The minimum absolute atomic E-state index is 0.431. The van der Waals surface area contributed by atoms with Crippen LogP contribution in [0.2, 0.25) is 0 Å². The van der Waals surface area contributed by atoms with Gasteiger partial charge in [0.2, 0.25) is 5.91 Å². The summed E-state index contributed by atoms with van der Waals surface area (Å²) in [6, 6.07) is 10.4. The minimum Gasteiger partial charge on any atom is -0.864 e. The first-order chi connectivity index (χ1) is 7.74. The number of carbonyl (C=O) groups excluding carboxylic acids is 1. The summed E-state index contributed by atoms with van der Waals surface area (Å²) >= 11 is 0. The van der Waals surface area contributed by atoms with Gasteiger partial charge in [-0.2, -0.15) is 0 Å². The summed E-state index contributed by atoms with van der Waals surface area (Å²) in [5, 5.41) is 11.8. The van der Waals surface area contributed by atoms with E-state index in [9.17, 15) is 9.90 Å². The number of primary amides is 1. The number of fused-ring (bicyclic) bond motifs is 1. The lowest BCUT2D eigenvalue weighted by molar-refractivity contribution is -0.200. The summed E-state index contributed by atoms with van der Waals surface area (Å²) in [5.74, 6) is -0.492. The van der Waals surface area contributed by atoms with Crippen LogP contribution in [0.1, 0.15) is 10.4 Å². The fourth-order valence-electron chi connectivity index (χ4n) is 1.67. The van der Waals surface area contributed by atoms with Crippen LogP contribution in [0.4, 0.5) is 5.69 Å². The van der Waals surface area contributed by atoms with E-state index in [1.807, 2.05) is 6.07 Å². The molecule has 0 fully saturated rings. The van der Waals surface area contributed by atoms with Crippen molar-refractivity contribution in [1.29, 1.82) is 0 Å². The first-order valence-corrected chi connectivity index (χ1v) is 4.70. The molecule has 0 saturated heterocycles. The van der Waals surface area contributed by atoms with Gasteiger partial charge < -0.3 is 10.8 Å². The molecule has 1 amide bonds. The van der Waals surface area contributed by atoms with Crippen LogP contribution in [0.3, 0.4) is 0 Å². The van der Waals surface area contributed by atoms with Crippen molar-refractivity contribution in [3.8, 4) is 0 Å². The molecule has 2 aromatic carbocycles. The second kappa shape index (κ2) is 4.02. The summed E-state index contributed by atoms with van der Waals surface area (Å²) < 4.78 is 0. The SMILES string of the molecule is NC(=O)c1ccc(N=C[O-])c2ccccc12. The maximum absolute atomic E-state index is 11.2. The molecule has 0 spiro atoms. The Morgan fingerprint density at radius 2 is 1.88 bits per heavy atom. The Labute approximate surface area is 92.0 Å². The van der Waals surface area contributed by atoms with E-state index in [0.717, 1.165) is 5.39 Å². The first-order valence-electron chi connectivity index (χ1n) is 4.70. The molecular formula is C12H9N2O2-. The van der Waals surface area contributed by atoms with Crippen LogP contribution in [-0.4, -0.2) is 12.3 Å². The van der Waals surface area contributed by atoms with Crippen molar-refractivity contribution in [3.63, 3.8) is 0 Å². The molecule has 0 aliphatic heterocycles. The molecule has 0 atom stereocenters. The Bertz CT molecular complexity index is 576. The number of carbonyl (C=O) groups is 1. The van der Waals surface area contributed by atoms with Gasteiger partial charge in [0.1, 0.15) is 0 Å². The molecule has 0 saturated carbocycles. The Morgan fingerprint density at radius 3 is 2.50 bits per heavy atom. The van der Waals surface area contributed by atoms with Gasteiger partial charge in [0, 0.05) is 10.9 Å². The monoisotopic (exact) mass is 213 g/mol. The van der Waals surface area contributed by atoms with Gasteiger partial charge in [-0.1, -0.05) is 30.7 Å².